The van der Waals surface area contributed by atoms with Crippen LogP contribution in [-0.2, 0) is 17.1 Å². The van der Waals surface area contributed by atoms with Gasteiger partial charge >= 0.3 is 0 Å². The van der Waals surface area contributed by atoms with E-state index in [9.17, 15) is 12.8 Å². The Morgan fingerprint density at radius 1 is 1.41 bits per heavy atom. The van der Waals surface area contributed by atoms with Crippen molar-refractivity contribution in [1.82, 2.24) is 14.5 Å². The third kappa shape index (κ3) is 3.60. The minimum atomic E-state index is -3.63. The first kappa shape index (κ1) is 15.9. The van der Waals surface area contributed by atoms with Crippen LogP contribution in [0.3, 0.4) is 0 Å². The van der Waals surface area contributed by atoms with E-state index < -0.39 is 15.8 Å². The Morgan fingerprint density at radius 2 is 2.18 bits per heavy atom. The zero-order valence-electron chi connectivity index (χ0n) is 11.7. The lowest BCUT2D eigenvalue weighted by molar-refractivity contribution is 0.582. The third-order valence-electron chi connectivity index (χ3n) is 2.85. The van der Waals surface area contributed by atoms with E-state index in [1.54, 1.807) is 19.2 Å². The summed E-state index contributed by atoms with van der Waals surface area (Å²) < 4.78 is 41.0. The minimum Gasteiger partial charge on any atom is -0.383 e. The molecule has 9 heteroatoms. The smallest absolute Gasteiger partial charge is 0.243 e. The van der Waals surface area contributed by atoms with Crippen molar-refractivity contribution in [2.45, 2.75) is 4.90 Å². The van der Waals surface area contributed by atoms with Crippen LogP contribution in [-0.4, -0.2) is 31.3 Å². The second-order valence-electron chi connectivity index (χ2n) is 4.45. The summed E-state index contributed by atoms with van der Waals surface area (Å²) in [5, 5.41) is 15.5. The molecule has 1 aromatic heterocycles. The van der Waals surface area contributed by atoms with E-state index in [1.165, 1.54) is 29.2 Å². The second-order valence-corrected chi connectivity index (χ2v) is 6.22. The van der Waals surface area contributed by atoms with E-state index in [4.69, 9.17) is 5.26 Å². The van der Waals surface area contributed by atoms with Gasteiger partial charge in [-0.3, -0.25) is 4.68 Å². The molecule has 0 saturated heterocycles. The number of nitriles is 1. The van der Waals surface area contributed by atoms with Gasteiger partial charge in [0.2, 0.25) is 10.0 Å². The van der Waals surface area contributed by atoms with Crippen LogP contribution in [0.25, 0.3) is 0 Å². The highest BCUT2D eigenvalue weighted by Crippen LogP contribution is 2.17. The summed E-state index contributed by atoms with van der Waals surface area (Å²) in [6.07, 6.45) is 2.63. The number of sulfonamides is 1. The van der Waals surface area contributed by atoms with Gasteiger partial charge in [-0.1, -0.05) is 6.07 Å². The Balaban J connectivity index is 1.93. The molecule has 2 aromatic rings. The molecule has 0 spiro atoms. The molecule has 0 saturated carbocycles. The summed E-state index contributed by atoms with van der Waals surface area (Å²) >= 11 is 0. The van der Waals surface area contributed by atoms with Crippen molar-refractivity contribution in [3.8, 4) is 6.07 Å². The van der Waals surface area contributed by atoms with Crippen molar-refractivity contribution in [3.63, 3.8) is 0 Å². The van der Waals surface area contributed by atoms with Gasteiger partial charge in [0.05, 0.1) is 11.9 Å². The average Bonchev–Trinajstić information content (AvgIpc) is 2.91. The monoisotopic (exact) mass is 323 g/mol. The molecule has 2 N–H and O–H groups in total. The summed E-state index contributed by atoms with van der Waals surface area (Å²) in [5.41, 5.74) is 0.223. The van der Waals surface area contributed by atoms with E-state index in [1.807, 2.05) is 0 Å². The van der Waals surface area contributed by atoms with Gasteiger partial charge in [0, 0.05) is 26.3 Å². The van der Waals surface area contributed by atoms with Crippen LogP contribution in [0.15, 0.2) is 35.5 Å². The van der Waals surface area contributed by atoms with Crippen LogP contribution in [0.4, 0.5) is 10.1 Å². The van der Waals surface area contributed by atoms with E-state index in [-0.39, 0.29) is 23.5 Å². The van der Waals surface area contributed by atoms with Gasteiger partial charge in [0.25, 0.3) is 0 Å². The predicted molar refractivity (Wildman–Crippen MR) is 78.0 cm³/mol. The van der Waals surface area contributed by atoms with Gasteiger partial charge in [-0.2, -0.15) is 10.4 Å². The Hall–Kier alpha value is -2.44. The molecule has 0 aliphatic carbocycles. The molecule has 0 radical (unpaired) electrons. The van der Waals surface area contributed by atoms with Gasteiger partial charge in [-0.05, 0) is 12.1 Å². The Bertz CT molecular complexity index is 810. The van der Waals surface area contributed by atoms with Crippen LogP contribution >= 0.6 is 0 Å². The SMILES string of the molecule is Cn1cc(S(=O)(=O)NCCNc2cccc(F)c2C#N)cn1. The fraction of sp³-hybridized carbons (Fsp3) is 0.231. The number of nitrogens with zero attached hydrogens (tertiary/aromatic N) is 3. The molecular weight excluding hydrogens is 309 g/mol. The molecule has 0 bridgehead atoms. The van der Waals surface area contributed by atoms with Crippen molar-refractivity contribution >= 4 is 15.7 Å². The number of rotatable bonds is 6. The van der Waals surface area contributed by atoms with Crippen molar-refractivity contribution in [2.75, 3.05) is 18.4 Å². The fourth-order valence-electron chi connectivity index (χ4n) is 1.79. The van der Waals surface area contributed by atoms with Gasteiger partial charge in [0.15, 0.2) is 0 Å². The normalized spacial score (nSPS) is 11.1. The molecule has 0 unspecified atom stereocenters. The number of aromatic nitrogens is 2. The summed E-state index contributed by atoms with van der Waals surface area (Å²) in [5.74, 6) is -0.622. The molecule has 0 amide bonds. The fourth-order valence-corrected chi connectivity index (χ4v) is 2.80. The second kappa shape index (κ2) is 6.55. The molecule has 0 fully saturated rings. The zero-order valence-corrected chi connectivity index (χ0v) is 12.6. The van der Waals surface area contributed by atoms with Crippen LogP contribution in [0, 0.1) is 17.1 Å². The number of hydrogen-bond donors (Lipinski definition) is 2. The summed E-state index contributed by atoms with van der Waals surface area (Å²) in [6.45, 7) is 0.288. The van der Waals surface area contributed by atoms with E-state index in [0.29, 0.717) is 5.69 Å². The van der Waals surface area contributed by atoms with Crippen molar-refractivity contribution in [3.05, 3.63) is 42.0 Å². The maximum Gasteiger partial charge on any atom is 0.243 e. The van der Waals surface area contributed by atoms with Crippen LogP contribution in [0.2, 0.25) is 0 Å². The van der Waals surface area contributed by atoms with Crippen LogP contribution in [0.1, 0.15) is 5.56 Å². The standard InChI is InChI=1S/C13H14FN5O2S/c1-19-9-10(8-17-19)22(20,21)18-6-5-16-13-4-2-3-12(14)11(13)7-15/h2-4,8-9,16,18H,5-6H2,1H3. The number of anilines is 1. The first-order valence-corrected chi connectivity index (χ1v) is 7.83. The molecule has 22 heavy (non-hydrogen) atoms. The highest BCUT2D eigenvalue weighted by atomic mass is 32.2. The molecule has 116 valence electrons. The summed E-state index contributed by atoms with van der Waals surface area (Å²) in [7, 11) is -2.01. The topological polar surface area (TPSA) is 99.8 Å². The van der Waals surface area contributed by atoms with E-state index >= 15 is 0 Å². The number of benzene rings is 1. The van der Waals surface area contributed by atoms with Gasteiger partial charge in [-0.15, -0.1) is 0 Å². The lowest BCUT2D eigenvalue weighted by Crippen LogP contribution is -2.28. The first-order valence-electron chi connectivity index (χ1n) is 6.35. The van der Waals surface area contributed by atoms with Crippen molar-refractivity contribution in [1.29, 1.82) is 5.26 Å². The van der Waals surface area contributed by atoms with Gasteiger partial charge in [0.1, 0.15) is 22.3 Å². The van der Waals surface area contributed by atoms with Crippen molar-refractivity contribution in [2.24, 2.45) is 7.05 Å². The highest BCUT2D eigenvalue weighted by Gasteiger charge is 2.15. The average molecular weight is 323 g/mol. The van der Waals surface area contributed by atoms with Gasteiger partial charge < -0.3 is 5.32 Å². The third-order valence-corrected chi connectivity index (χ3v) is 4.27. The van der Waals surface area contributed by atoms with E-state index in [0.717, 1.165) is 0 Å². The summed E-state index contributed by atoms with van der Waals surface area (Å²) in [6, 6.07) is 5.98. The molecule has 0 atom stereocenters. The first-order chi connectivity index (χ1) is 10.4. The number of hydrogen-bond acceptors (Lipinski definition) is 5. The van der Waals surface area contributed by atoms with Crippen LogP contribution in [0.5, 0.6) is 0 Å². The maximum atomic E-state index is 13.4. The molecule has 1 aromatic carbocycles. The largest absolute Gasteiger partial charge is 0.383 e. The van der Waals surface area contributed by atoms with Crippen molar-refractivity contribution < 1.29 is 12.8 Å². The summed E-state index contributed by atoms with van der Waals surface area (Å²) in [4.78, 5) is 0.0680. The molecule has 0 aliphatic rings. The number of nitrogens with one attached hydrogen (secondary N) is 2. The number of halogens is 1. The lowest BCUT2D eigenvalue weighted by Gasteiger charge is -2.09. The molecule has 2 rings (SSSR count). The van der Waals surface area contributed by atoms with Gasteiger partial charge in [-0.25, -0.2) is 17.5 Å². The molecule has 7 nitrogen and oxygen atoms in total. The molecular formula is C13H14FN5O2S. The lowest BCUT2D eigenvalue weighted by atomic mass is 10.2. The Labute approximate surface area is 127 Å². The zero-order chi connectivity index (χ0) is 16.2. The Kier molecular flexibility index (Phi) is 4.75. The quantitative estimate of drug-likeness (QED) is 0.767. The number of aryl methyl sites for hydroxylation is 1. The van der Waals surface area contributed by atoms with E-state index in [2.05, 4.69) is 15.1 Å². The molecule has 0 aliphatic heterocycles. The highest BCUT2D eigenvalue weighted by molar-refractivity contribution is 7.89. The Morgan fingerprint density at radius 3 is 2.82 bits per heavy atom. The van der Waals surface area contributed by atoms with Crippen LogP contribution < -0.4 is 10.0 Å². The predicted octanol–water partition coefficient (Wildman–Crippen LogP) is 0.821. The maximum absolute atomic E-state index is 13.4. The molecule has 1 heterocycles. The minimum absolute atomic E-state index is 0.0680.